The van der Waals surface area contributed by atoms with Crippen LogP contribution in [-0.4, -0.2) is 19.2 Å². The lowest BCUT2D eigenvalue weighted by molar-refractivity contribution is -0.138. The number of ether oxygens (including phenoxy) is 2. The van der Waals surface area contributed by atoms with Crippen molar-refractivity contribution in [3.8, 4) is 0 Å². The van der Waals surface area contributed by atoms with E-state index in [0.717, 1.165) is 19.1 Å². The van der Waals surface area contributed by atoms with Crippen LogP contribution in [-0.2, 0) is 14.3 Å². The van der Waals surface area contributed by atoms with Crippen LogP contribution in [0, 0.1) is 5.92 Å². The van der Waals surface area contributed by atoms with E-state index < -0.39 is 0 Å². The van der Waals surface area contributed by atoms with Crippen LogP contribution in [0.4, 0.5) is 0 Å². The SMILES string of the molecule is CC1=COC1=O.CCC1COC1. The maximum Gasteiger partial charge on any atom is 0.341 e. The van der Waals surface area contributed by atoms with E-state index >= 15 is 0 Å². The highest BCUT2D eigenvalue weighted by Gasteiger charge is 2.14. The molecule has 2 heterocycles. The summed E-state index contributed by atoms with van der Waals surface area (Å²) in [7, 11) is 0. The molecule has 12 heavy (non-hydrogen) atoms. The minimum Gasteiger partial charge on any atom is -0.430 e. The molecule has 0 bridgehead atoms. The van der Waals surface area contributed by atoms with Crippen LogP contribution in [0.25, 0.3) is 0 Å². The molecule has 0 aromatic heterocycles. The van der Waals surface area contributed by atoms with Crippen molar-refractivity contribution in [3.63, 3.8) is 0 Å². The molecule has 0 aliphatic carbocycles. The number of cyclic esters (lactones) is 1. The van der Waals surface area contributed by atoms with E-state index in [4.69, 9.17) is 4.74 Å². The molecule has 3 heteroatoms. The van der Waals surface area contributed by atoms with Gasteiger partial charge in [0.25, 0.3) is 0 Å². The van der Waals surface area contributed by atoms with Gasteiger partial charge in [0.15, 0.2) is 0 Å². The Hall–Kier alpha value is -0.830. The Balaban J connectivity index is 0.000000120. The van der Waals surface area contributed by atoms with Crippen LogP contribution in [0.5, 0.6) is 0 Å². The largest absolute Gasteiger partial charge is 0.430 e. The molecule has 1 fully saturated rings. The van der Waals surface area contributed by atoms with Gasteiger partial charge in [-0.25, -0.2) is 4.79 Å². The van der Waals surface area contributed by atoms with Crippen molar-refractivity contribution < 1.29 is 14.3 Å². The Bertz CT molecular complexity index is 189. The van der Waals surface area contributed by atoms with E-state index in [-0.39, 0.29) is 5.97 Å². The monoisotopic (exact) mass is 170 g/mol. The van der Waals surface area contributed by atoms with Crippen molar-refractivity contribution in [2.45, 2.75) is 20.3 Å². The van der Waals surface area contributed by atoms with Crippen molar-refractivity contribution in [2.24, 2.45) is 5.92 Å². The van der Waals surface area contributed by atoms with Crippen LogP contribution in [0.2, 0.25) is 0 Å². The van der Waals surface area contributed by atoms with Gasteiger partial charge in [-0.2, -0.15) is 0 Å². The smallest absolute Gasteiger partial charge is 0.341 e. The van der Waals surface area contributed by atoms with Gasteiger partial charge in [0, 0.05) is 5.92 Å². The number of rotatable bonds is 1. The van der Waals surface area contributed by atoms with E-state index in [0.29, 0.717) is 5.57 Å². The lowest BCUT2D eigenvalue weighted by Crippen LogP contribution is -2.26. The second-order valence-electron chi connectivity index (χ2n) is 3.02. The van der Waals surface area contributed by atoms with Crippen molar-refractivity contribution in [3.05, 3.63) is 11.8 Å². The van der Waals surface area contributed by atoms with Gasteiger partial charge < -0.3 is 9.47 Å². The van der Waals surface area contributed by atoms with Crippen LogP contribution >= 0.6 is 0 Å². The number of hydrogen-bond acceptors (Lipinski definition) is 3. The molecule has 1 saturated heterocycles. The summed E-state index contributed by atoms with van der Waals surface area (Å²) in [6.07, 6.45) is 2.72. The lowest BCUT2D eigenvalue weighted by atomic mass is 10.1. The third kappa shape index (κ3) is 2.34. The first-order valence-corrected chi connectivity index (χ1v) is 4.19. The number of carbonyl (C=O) groups excluding carboxylic acids is 1. The Morgan fingerprint density at radius 1 is 1.58 bits per heavy atom. The van der Waals surface area contributed by atoms with Gasteiger partial charge in [0.1, 0.15) is 6.26 Å². The van der Waals surface area contributed by atoms with Crippen molar-refractivity contribution in [1.29, 1.82) is 0 Å². The summed E-state index contributed by atoms with van der Waals surface area (Å²) in [6, 6.07) is 0. The minimum atomic E-state index is -0.199. The molecule has 3 nitrogen and oxygen atoms in total. The second kappa shape index (κ2) is 4.26. The van der Waals surface area contributed by atoms with Gasteiger partial charge in [-0.3, -0.25) is 0 Å². The van der Waals surface area contributed by atoms with Crippen LogP contribution in [0.1, 0.15) is 20.3 Å². The predicted molar refractivity (Wildman–Crippen MR) is 44.4 cm³/mol. The Kier molecular flexibility index (Phi) is 3.29. The summed E-state index contributed by atoms with van der Waals surface area (Å²) >= 11 is 0. The molecule has 0 saturated carbocycles. The van der Waals surface area contributed by atoms with Crippen LogP contribution in [0.3, 0.4) is 0 Å². The molecule has 2 aliphatic heterocycles. The van der Waals surface area contributed by atoms with Gasteiger partial charge in [-0.05, 0) is 13.3 Å². The highest BCUT2D eigenvalue weighted by atomic mass is 16.5. The third-order valence-corrected chi connectivity index (χ3v) is 1.95. The van der Waals surface area contributed by atoms with Crippen LogP contribution in [0.15, 0.2) is 11.8 Å². The Labute approximate surface area is 72.4 Å². The van der Waals surface area contributed by atoms with E-state index in [1.807, 2.05) is 0 Å². The van der Waals surface area contributed by atoms with Crippen molar-refractivity contribution in [1.82, 2.24) is 0 Å². The van der Waals surface area contributed by atoms with E-state index in [9.17, 15) is 4.79 Å². The molecule has 0 aromatic rings. The fourth-order valence-corrected chi connectivity index (χ4v) is 0.745. The average Bonchev–Trinajstić information content (AvgIpc) is 2.00. The molecule has 0 radical (unpaired) electrons. The van der Waals surface area contributed by atoms with E-state index in [1.165, 1.54) is 12.7 Å². The summed E-state index contributed by atoms with van der Waals surface area (Å²) in [5, 5.41) is 0. The highest BCUT2D eigenvalue weighted by molar-refractivity contribution is 5.92. The molecular weight excluding hydrogens is 156 g/mol. The fraction of sp³-hybridized carbons (Fsp3) is 0.667. The zero-order valence-corrected chi connectivity index (χ0v) is 7.50. The first-order chi connectivity index (χ1) is 5.74. The standard InChI is InChI=1S/C5H10O.C4H4O2/c1-2-5-3-6-4-5;1-3-2-6-4(3)5/h5H,2-4H2,1H3;2H,1H3. The van der Waals surface area contributed by atoms with Gasteiger partial charge in [0.05, 0.1) is 18.8 Å². The quantitative estimate of drug-likeness (QED) is 0.559. The highest BCUT2D eigenvalue weighted by Crippen LogP contribution is 2.12. The van der Waals surface area contributed by atoms with Gasteiger partial charge >= 0.3 is 5.97 Å². The number of esters is 1. The zero-order chi connectivity index (χ0) is 8.97. The molecule has 0 atom stereocenters. The number of carbonyl (C=O) groups is 1. The minimum absolute atomic E-state index is 0.199. The van der Waals surface area contributed by atoms with Crippen molar-refractivity contribution in [2.75, 3.05) is 13.2 Å². The lowest BCUT2D eigenvalue weighted by Gasteiger charge is -2.23. The summed E-state index contributed by atoms with van der Waals surface area (Å²) in [4.78, 5) is 9.94. The molecular formula is C9H14O3. The second-order valence-corrected chi connectivity index (χ2v) is 3.02. The van der Waals surface area contributed by atoms with Gasteiger partial charge in [0.2, 0.25) is 0 Å². The molecule has 2 rings (SSSR count). The normalized spacial score (nSPS) is 20.8. The summed E-state index contributed by atoms with van der Waals surface area (Å²) in [5.74, 6) is 0.694. The first-order valence-electron chi connectivity index (χ1n) is 4.19. The maximum atomic E-state index is 9.94. The van der Waals surface area contributed by atoms with Crippen LogP contribution < -0.4 is 0 Å². The summed E-state index contributed by atoms with van der Waals surface area (Å²) in [5.41, 5.74) is 0.704. The fourth-order valence-electron chi connectivity index (χ4n) is 0.745. The third-order valence-electron chi connectivity index (χ3n) is 1.95. The molecule has 0 N–H and O–H groups in total. The maximum absolute atomic E-state index is 9.94. The number of hydrogen-bond donors (Lipinski definition) is 0. The summed E-state index contributed by atoms with van der Waals surface area (Å²) < 4.78 is 9.17. The zero-order valence-electron chi connectivity index (χ0n) is 7.50. The molecule has 2 aliphatic rings. The van der Waals surface area contributed by atoms with Gasteiger partial charge in [-0.15, -0.1) is 0 Å². The first kappa shape index (κ1) is 9.26. The molecule has 0 amide bonds. The summed E-state index contributed by atoms with van der Waals surface area (Å²) in [6.45, 7) is 5.94. The Morgan fingerprint density at radius 3 is 2.17 bits per heavy atom. The molecule has 0 spiro atoms. The molecule has 0 unspecified atom stereocenters. The van der Waals surface area contributed by atoms with Gasteiger partial charge in [-0.1, -0.05) is 6.92 Å². The van der Waals surface area contributed by atoms with E-state index in [2.05, 4.69) is 11.7 Å². The Morgan fingerprint density at radius 2 is 2.17 bits per heavy atom. The average molecular weight is 170 g/mol. The predicted octanol–water partition coefficient (Wildman–Crippen LogP) is 1.49. The topological polar surface area (TPSA) is 35.5 Å². The van der Waals surface area contributed by atoms with E-state index in [1.54, 1.807) is 6.92 Å². The molecule has 0 aromatic carbocycles. The van der Waals surface area contributed by atoms with Crippen molar-refractivity contribution >= 4 is 5.97 Å². The molecule has 68 valence electrons.